The Morgan fingerprint density at radius 1 is 1.15 bits per heavy atom. The molecule has 39 heavy (non-hydrogen) atoms. The summed E-state index contributed by atoms with van der Waals surface area (Å²) in [6.07, 6.45) is 7.41. The molecule has 6 rings (SSSR count). The molecule has 2 fully saturated rings. The zero-order chi connectivity index (χ0) is 27.6. The summed E-state index contributed by atoms with van der Waals surface area (Å²) in [5.41, 5.74) is 4.43. The molecule has 7 N–H and O–H groups in total. The molecule has 0 aliphatic heterocycles. The highest BCUT2D eigenvalue weighted by molar-refractivity contribution is 6.22. The summed E-state index contributed by atoms with van der Waals surface area (Å²) in [5, 5.41) is 48.6. The molecule has 1 aromatic heterocycles. The lowest BCUT2D eigenvalue weighted by molar-refractivity contribution is -0.147. The number of aliphatic hydroxyl groups excluding tert-OH is 2. The predicted molar refractivity (Wildman–Crippen MR) is 138 cm³/mol. The highest BCUT2D eigenvalue weighted by Gasteiger charge is 2.60. The highest BCUT2D eigenvalue weighted by atomic mass is 16.3. The van der Waals surface area contributed by atoms with Gasteiger partial charge in [0.15, 0.2) is 11.4 Å². The zero-order valence-electron chi connectivity index (χ0n) is 21.2. The van der Waals surface area contributed by atoms with E-state index in [0.29, 0.717) is 23.7 Å². The van der Waals surface area contributed by atoms with Gasteiger partial charge in [0.2, 0.25) is 5.78 Å². The number of Topliss-reactive ketones (excluding diaryl/α,β-unsaturated/α-hetero) is 2. The molecule has 2 saturated carbocycles. The number of ketones is 2. The van der Waals surface area contributed by atoms with Crippen LogP contribution < -0.4 is 11.1 Å². The van der Waals surface area contributed by atoms with E-state index in [9.17, 15) is 34.8 Å². The Balaban J connectivity index is 1.50. The fourth-order valence-corrected chi connectivity index (χ4v) is 6.94. The molecule has 1 heterocycles. The van der Waals surface area contributed by atoms with Gasteiger partial charge in [0.1, 0.15) is 22.8 Å². The second-order valence-electron chi connectivity index (χ2n) is 11.1. The first-order chi connectivity index (χ1) is 18.6. The van der Waals surface area contributed by atoms with Crippen LogP contribution in [0.1, 0.15) is 55.2 Å². The zero-order valence-corrected chi connectivity index (χ0v) is 21.2. The molecule has 3 unspecified atom stereocenters. The molecule has 10 nitrogen and oxygen atoms in total. The number of phenolic OH excluding ortho intramolecular Hbond substituents is 1. The van der Waals surface area contributed by atoms with Gasteiger partial charge in [-0.3, -0.25) is 14.4 Å². The van der Waals surface area contributed by atoms with Crippen molar-refractivity contribution in [3.63, 3.8) is 0 Å². The van der Waals surface area contributed by atoms with Crippen molar-refractivity contribution in [1.82, 2.24) is 5.32 Å². The van der Waals surface area contributed by atoms with Crippen molar-refractivity contribution in [3.8, 4) is 16.9 Å². The van der Waals surface area contributed by atoms with Gasteiger partial charge in [-0.1, -0.05) is 12.8 Å². The van der Waals surface area contributed by atoms with Crippen LogP contribution in [0.3, 0.4) is 0 Å². The number of furan rings is 1. The van der Waals surface area contributed by atoms with Crippen LogP contribution in [0.25, 0.3) is 16.9 Å². The number of phenols is 1. The molecule has 4 aliphatic rings. The Morgan fingerprint density at radius 2 is 1.90 bits per heavy atom. The van der Waals surface area contributed by atoms with E-state index in [1.54, 1.807) is 12.3 Å². The number of carbonyl (C=O) groups is 3. The van der Waals surface area contributed by atoms with Crippen molar-refractivity contribution in [2.24, 2.45) is 17.6 Å². The van der Waals surface area contributed by atoms with Crippen molar-refractivity contribution < 1.29 is 39.2 Å². The Bertz CT molecular complexity index is 1460. The number of primary amides is 1. The molecule has 204 valence electrons. The van der Waals surface area contributed by atoms with Crippen LogP contribution >= 0.6 is 0 Å². The molecule has 3 atom stereocenters. The number of aromatic hydroxyl groups is 1. The number of hydrogen-bond donors (Lipinski definition) is 6. The summed E-state index contributed by atoms with van der Waals surface area (Å²) < 4.78 is 5.31. The molecule has 2 aromatic rings. The lowest BCUT2D eigenvalue weighted by Gasteiger charge is -2.46. The van der Waals surface area contributed by atoms with Crippen LogP contribution in [0.4, 0.5) is 0 Å². The first-order valence-electron chi connectivity index (χ1n) is 13.2. The summed E-state index contributed by atoms with van der Waals surface area (Å²) in [6, 6.07) is 3.96. The maximum absolute atomic E-state index is 13.8. The van der Waals surface area contributed by atoms with E-state index in [4.69, 9.17) is 10.2 Å². The van der Waals surface area contributed by atoms with Crippen molar-refractivity contribution in [1.29, 1.82) is 0 Å². The monoisotopic (exact) mass is 534 g/mol. The molecule has 0 saturated heterocycles. The number of hydrogen-bond acceptors (Lipinski definition) is 9. The number of rotatable bonds is 5. The average Bonchev–Trinajstić information content (AvgIpc) is 3.60. The summed E-state index contributed by atoms with van der Waals surface area (Å²) in [5.74, 6) is -6.35. The second-order valence-corrected chi connectivity index (χ2v) is 11.1. The van der Waals surface area contributed by atoms with Gasteiger partial charge < -0.3 is 35.9 Å². The van der Waals surface area contributed by atoms with E-state index < -0.39 is 52.0 Å². The van der Waals surface area contributed by atoms with Gasteiger partial charge in [-0.2, -0.15) is 0 Å². The number of carbonyl (C=O) groups excluding carboxylic acids is 3. The molecule has 0 spiro atoms. The topological polar surface area (TPSA) is 183 Å². The van der Waals surface area contributed by atoms with Gasteiger partial charge in [-0.05, 0) is 54.9 Å². The second kappa shape index (κ2) is 9.10. The van der Waals surface area contributed by atoms with Crippen LogP contribution in [-0.4, -0.2) is 49.5 Å². The number of nitrogens with two attached hydrogens (primary N) is 1. The first-order valence-corrected chi connectivity index (χ1v) is 13.2. The number of benzene rings is 1. The minimum atomic E-state index is -2.58. The largest absolute Gasteiger partial charge is 0.508 e. The predicted octanol–water partition coefficient (Wildman–Crippen LogP) is 2.72. The number of aliphatic hydroxyl groups is 3. The molecular formula is C29H30N2O8. The molecule has 0 radical (unpaired) electrons. The SMILES string of the molecule is NC(=O)C1=C(O)C2(O)C(=O)C3=C(O)c4c(O)c(CNC5CCCC5)cc(-c5ccoc5)c4CC3CC2CC1=O. The number of nitrogens with one attached hydrogen (secondary N) is 1. The molecular weight excluding hydrogens is 504 g/mol. The van der Waals surface area contributed by atoms with Gasteiger partial charge in [0.05, 0.1) is 18.1 Å². The summed E-state index contributed by atoms with van der Waals surface area (Å²) in [7, 11) is 0. The van der Waals surface area contributed by atoms with E-state index in [-0.39, 0.29) is 36.1 Å². The fourth-order valence-electron chi connectivity index (χ4n) is 6.94. The van der Waals surface area contributed by atoms with E-state index >= 15 is 0 Å². The third-order valence-corrected chi connectivity index (χ3v) is 8.91. The Labute approximate surface area is 223 Å². The van der Waals surface area contributed by atoms with E-state index in [2.05, 4.69) is 5.32 Å². The van der Waals surface area contributed by atoms with Gasteiger partial charge in [0, 0.05) is 41.6 Å². The van der Waals surface area contributed by atoms with E-state index in [1.165, 1.54) is 6.26 Å². The third kappa shape index (κ3) is 3.73. The quantitative estimate of drug-likeness (QED) is 0.314. The molecule has 4 aliphatic carbocycles. The van der Waals surface area contributed by atoms with Crippen LogP contribution in [0.2, 0.25) is 0 Å². The lowest BCUT2D eigenvalue weighted by Crippen LogP contribution is -2.58. The third-order valence-electron chi connectivity index (χ3n) is 8.91. The van der Waals surface area contributed by atoms with Gasteiger partial charge in [-0.25, -0.2) is 0 Å². The molecule has 1 aromatic carbocycles. The number of amides is 1. The maximum Gasteiger partial charge on any atom is 0.255 e. The Morgan fingerprint density at radius 3 is 2.56 bits per heavy atom. The Hall–Kier alpha value is -3.89. The van der Waals surface area contributed by atoms with E-state index in [1.807, 2.05) is 6.07 Å². The maximum atomic E-state index is 13.8. The van der Waals surface area contributed by atoms with Crippen molar-refractivity contribution in [2.45, 2.75) is 63.1 Å². The van der Waals surface area contributed by atoms with Crippen molar-refractivity contribution >= 4 is 23.2 Å². The minimum absolute atomic E-state index is 0.0828. The molecule has 1 amide bonds. The molecule has 0 bridgehead atoms. The lowest BCUT2D eigenvalue weighted by atomic mass is 9.59. The summed E-state index contributed by atoms with van der Waals surface area (Å²) in [6.45, 7) is 0.342. The summed E-state index contributed by atoms with van der Waals surface area (Å²) >= 11 is 0. The smallest absolute Gasteiger partial charge is 0.255 e. The normalized spacial score (nSPS) is 27.0. The Kier molecular flexibility index (Phi) is 5.92. The average molecular weight is 535 g/mol. The van der Waals surface area contributed by atoms with Crippen molar-refractivity contribution in [2.75, 3.05) is 0 Å². The standard InChI is InChI=1S/C29H30N2O8/c30-28(37)23-20(32)10-16-7-14-8-19-18(13-5-6-39-12-13)9-15(11-31-17-3-1-2-4-17)24(33)22(19)25(34)21(14)26(35)29(16,38)27(23)36/h5-6,9,12,14,16-17,31,33-34,36,38H,1-4,7-8,10-11H2,(H2,30,37). The summed E-state index contributed by atoms with van der Waals surface area (Å²) in [4.78, 5) is 38.2. The van der Waals surface area contributed by atoms with Gasteiger partial charge in [0.25, 0.3) is 5.91 Å². The van der Waals surface area contributed by atoms with Crippen LogP contribution in [0.15, 0.2) is 46.0 Å². The van der Waals surface area contributed by atoms with E-state index in [0.717, 1.165) is 36.8 Å². The van der Waals surface area contributed by atoms with Crippen LogP contribution in [0, 0.1) is 11.8 Å². The minimum Gasteiger partial charge on any atom is -0.508 e. The highest BCUT2D eigenvalue weighted by Crippen LogP contribution is 2.53. The fraction of sp³-hybridized carbons (Fsp3) is 0.414. The number of fused-ring (bicyclic) bond motifs is 3. The molecule has 10 heteroatoms. The first kappa shape index (κ1) is 25.4. The van der Waals surface area contributed by atoms with Crippen LogP contribution in [0.5, 0.6) is 5.75 Å². The van der Waals surface area contributed by atoms with Crippen molar-refractivity contribution in [3.05, 3.63) is 58.3 Å². The van der Waals surface area contributed by atoms with Gasteiger partial charge in [-0.15, -0.1) is 0 Å². The van der Waals surface area contributed by atoms with Crippen LogP contribution in [-0.2, 0) is 27.3 Å². The van der Waals surface area contributed by atoms with Gasteiger partial charge >= 0.3 is 0 Å².